The second-order valence-electron chi connectivity index (χ2n) is 15.9. The Bertz CT molecular complexity index is 1390. The monoisotopic (exact) mass is 835 g/mol. The molecule has 0 aromatic carbocycles. The molecular formula is C41H74N10O8. The van der Waals surface area contributed by atoms with Gasteiger partial charge < -0.3 is 54.2 Å². The van der Waals surface area contributed by atoms with Crippen molar-refractivity contribution in [3.05, 3.63) is 25.3 Å². The lowest BCUT2D eigenvalue weighted by Gasteiger charge is -2.26. The zero-order valence-corrected chi connectivity index (χ0v) is 36.0. The van der Waals surface area contributed by atoms with Gasteiger partial charge in [0.15, 0.2) is 5.96 Å². The molecule has 18 nitrogen and oxygen atoms in total. The summed E-state index contributed by atoms with van der Waals surface area (Å²) in [5, 5.41) is 26.4. The molecule has 336 valence electrons. The fourth-order valence-corrected chi connectivity index (χ4v) is 6.54. The Kier molecular flexibility index (Phi) is 28.4. The van der Waals surface area contributed by atoms with Crippen molar-refractivity contribution in [2.24, 2.45) is 34.0 Å². The molecule has 2 unspecified atom stereocenters. The summed E-state index contributed by atoms with van der Waals surface area (Å²) in [6.07, 6.45) is 6.52. The van der Waals surface area contributed by atoms with Crippen molar-refractivity contribution in [2.45, 2.75) is 161 Å². The highest BCUT2D eigenvalue weighted by Crippen LogP contribution is 2.13. The SMILES string of the molecule is C=CCC(CC(=O)N[C@@H](CC(=O)O)CC(C)C)NC(=O)C[C@H](CCCCN)NC(=O)C[C@@H](NC(=O)CC(CC=C)NC(=O)C[C@H](CCCN=C(N)N)NC(C)=O)C(C)C. The summed E-state index contributed by atoms with van der Waals surface area (Å²) in [5.41, 5.74) is 16.4. The standard InChI is InChI=1S/C41H74N10O8/c1-8-13-29(20-37(55)50-33(19-26(3)4)24-40(58)59)47-36(54)23-32(15-10-11-17-42)49-39(57)25-34(27(5)6)51-38(56)21-30(14-9-2)48-35(53)22-31(46-28(7)52)16-12-18-45-41(43)44/h8-9,26-27,29-34H,1-2,10-25,42H2,3-7H3,(H,46,52)(H,47,54)(H,48,53)(H,49,57)(H,50,55)(H,51,56)(H,58,59)(H4,43,44,45)/t29?,30?,31-,32-,33+,34+/m0/s1. The number of rotatable bonds is 33. The van der Waals surface area contributed by atoms with E-state index >= 15 is 0 Å². The highest BCUT2D eigenvalue weighted by atomic mass is 16.4. The van der Waals surface area contributed by atoms with Crippen molar-refractivity contribution in [3.8, 4) is 0 Å². The van der Waals surface area contributed by atoms with Crippen molar-refractivity contribution < 1.29 is 38.7 Å². The second kappa shape index (κ2) is 31.0. The van der Waals surface area contributed by atoms with E-state index in [0.717, 1.165) is 0 Å². The maximum absolute atomic E-state index is 13.4. The molecule has 18 heteroatoms. The molecule has 0 bridgehead atoms. The number of hydrogen-bond donors (Lipinski definition) is 10. The van der Waals surface area contributed by atoms with Crippen molar-refractivity contribution >= 4 is 47.4 Å². The summed E-state index contributed by atoms with van der Waals surface area (Å²) in [4.78, 5) is 92.9. The third kappa shape index (κ3) is 29.0. The summed E-state index contributed by atoms with van der Waals surface area (Å²) in [5.74, 6) is -3.22. The molecule has 0 saturated carbocycles. The first-order valence-electron chi connectivity index (χ1n) is 20.7. The summed E-state index contributed by atoms with van der Waals surface area (Å²) in [6.45, 7) is 17.2. The van der Waals surface area contributed by atoms with E-state index in [9.17, 15) is 38.7 Å². The van der Waals surface area contributed by atoms with Crippen LogP contribution in [0.4, 0.5) is 0 Å². The van der Waals surface area contributed by atoms with Crippen LogP contribution < -0.4 is 49.1 Å². The molecule has 0 heterocycles. The Labute approximate surface area is 350 Å². The van der Waals surface area contributed by atoms with Crippen LogP contribution in [-0.2, 0) is 33.6 Å². The summed E-state index contributed by atoms with van der Waals surface area (Å²) >= 11 is 0. The molecular weight excluding hydrogens is 761 g/mol. The fraction of sp³-hybridized carbons (Fsp3) is 0.707. The van der Waals surface area contributed by atoms with E-state index in [4.69, 9.17) is 17.2 Å². The summed E-state index contributed by atoms with van der Waals surface area (Å²) in [6, 6.07) is -3.31. The van der Waals surface area contributed by atoms with Gasteiger partial charge >= 0.3 is 5.97 Å². The minimum absolute atomic E-state index is 0.0202. The number of guanidine groups is 1. The number of carboxylic acid groups (broad SMARTS) is 1. The zero-order chi connectivity index (χ0) is 44.9. The number of hydrogen-bond acceptors (Lipinski definition) is 9. The number of nitrogens with two attached hydrogens (primary N) is 3. The topological polar surface area (TPSA) is 302 Å². The van der Waals surface area contributed by atoms with Crippen molar-refractivity contribution in [1.29, 1.82) is 0 Å². The fourth-order valence-electron chi connectivity index (χ4n) is 6.54. The molecule has 6 amide bonds. The molecule has 0 aliphatic carbocycles. The molecule has 0 aliphatic rings. The number of carboxylic acids is 1. The Hall–Kier alpha value is -5.00. The van der Waals surface area contributed by atoms with Gasteiger partial charge in [0.2, 0.25) is 35.4 Å². The van der Waals surface area contributed by atoms with Crippen LogP contribution in [0.1, 0.15) is 125 Å². The van der Waals surface area contributed by atoms with Crippen LogP contribution >= 0.6 is 0 Å². The average Bonchev–Trinajstić information content (AvgIpc) is 3.08. The Morgan fingerprint density at radius 2 is 1.05 bits per heavy atom. The van der Waals surface area contributed by atoms with Crippen LogP contribution in [-0.4, -0.2) is 102 Å². The molecule has 59 heavy (non-hydrogen) atoms. The van der Waals surface area contributed by atoms with Crippen molar-refractivity contribution in [1.82, 2.24) is 31.9 Å². The number of aliphatic imine (C=N–C) groups is 1. The molecule has 0 saturated heterocycles. The molecule has 0 fully saturated rings. The van der Waals surface area contributed by atoms with Crippen molar-refractivity contribution in [2.75, 3.05) is 13.1 Å². The van der Waals surface area contributed by atoms with Gasteiger partial charge in [0.1, 0.15) is 0 Å². The van der Waals surface area contributed by atoms with Crippen LogP contribution in [0.2, 0.25) is 0 Å². The molecule has 0 aromatic heterocycles. The Morgan fingerprint density at radius 3 is 1.49 bits per heavy atom. The van der Waals surface area contributed by atoms with Crippen LogP contribution in [0, 0.1) is 11.8 Å². The normalized spacial score (nSPS) is 14.0. The van der Waals surface area contributed by atoms with Gasteiger partial charge in [-0.1, -0.05) is 46.3 Å². The summed E-state index contributed by atoms with van der Waals surface area (Å²) < 4.78 is 0. The van der Waals surface area contributed by atoms with Crippen LogP contribution in [0.3, 0.4) is 0 Å². The number of carbonyl (C=O) groups excluding carboxylic acids is 6. The van der Waals surface area contributed by atoms with E-state index < -0.39 is 42.2 Å². The molecule has 13 N–H and O–H groups in total. The number of amides is 6. The molecule has 6 atom stereocenters. The van der Waals surface area contributed by atoms with Gasteiger partial charge in [-0.3, -0.25) is 38.6 Å². The first-order chi connectivity index (χ1) is 27.8. The molecule has 0 radical (unpaired) electrons. The molecule has 0 spiro atoms. The van der Waals surface area contributed by atoms with Crippen LogP contribution in [0.25, 0.3) is 0 Å². The predicted octanol–water partition coefficient (Wildman–Crippen LogP) is 1.38. The van der Waals surface area contributed by atoms with Gasteiger partial charge in [-0.25, -0.2) is 0 Å². The van der Waals surface area contributed by atoms with Gasteiger partial charge in [-0.2, -0.15) is 0 Å². The number of nitrogens with one attached hydrogen (secondary N) is 6. The van der Waals surface area contributed by atoms with Gasteiger partial charge in [-0.15, -0.1) is 13.2 Å². The van der Waals surface area contributed by atoms with E-state index in [1.54, 1.807) is 12.2 Å². The minimum Gasteiger partial charge on any atom is -0.481 e. The molecule has 0 aromatic rings. The Morgan fingerprint density at radius 1 is 0.610 bits per heavy atom. The lowest BCUT2D eigenvalue weighted by Crippen LogP contribution is -2.48. The summed E-state index contributed by atoms with van der Waals surface area (Å²) in [7, 11) is 0. The van der Waals surface area contributed by atoms with Gasteiger partial charge in [-0.05, 0) is 63.3 Å². The van der Waals surface area contributed by atoms with E-state index in [2.05, 4.69) is 50.1 Å². The first kappa shape index (κ1) is 54.0. The third-order valence-corrected chi connectivity index (χ3v) is 9.24. The molecule has 0 aliphatic heterocycles. The third-order valence-electron chi connectivity index (χ3n) is 9.24. The quantitative estimate of drug-likeness (QED) is 0.0195. The lowest BCUT2D eigenvalue weighted by atomic mass is 9.98. The number of carbonyl (C=O) groups is 7. The average molecular weight is 835 g/mol. The van der Waals surface area contributed by atoms with E-state index in [1.807, 2.05) is 27.7 Å². The van der Waals surface area contributed by atoms with Crippen LogP contribution in [0.5, 0.6) is 0 Å². The van der Waals surface area contributed by atoms with E-state index in [1.165, 1.54) is 6.92 Å². The highest BCUT2D eigenvalue weighted by molar-refractivity contribution is 5.84. The van der Waals surface area contributed by atoms with Gasteiger partial charge in [0.25, 0.3) is 0 Å². The second-order valence-corrected chi connectivity index (χ2v) is 15.9. The maximum Gasteiger partial charge on any atom is 0.305 e. The molecule has 0 rings (SSSR count). The lowest BCUT2D eigenvalue weighted by molar-refractivity contribution is -0.138. The van der Waals surface area contributed by atoms with Gasteiger partial charge in [0.05, 0.1) is 6.42 Å². The minimum atomic E-state index is -1.02. The highest BCUT2D eigenvalue weighted by Gasteiger charge is 2.26. The number of unbranched alkanes of at least 4 members (excludes halogenated alkanes) is 1. The van der Waals surface area contributed by atoms with Crippen molar-refractivity contribution in [3.63, 3.8) is 0 Å². The zero-order valence-electron chi connectivity index (χ0n) is 36.0. The smallest absolute Gasteiger partial charge is 0.305 e. The number of aliphatic carboxylic acids is 1. The van der Waals surface area contributed by atoms with Crippen LogP contribution in [0.15, 0.2) is 30.3 Å². The largest absolute Gasteiger partial charge is 0.481 e. The number of nitrogens with zero attached hydrogens (tertiary/aromatic N) is 1. The van der Waals surface area contributed by atoms with E-state index in [0.29, 0.717) is 64.5 Å². The Balaban J connectivity index is 5.55. The predicted molar refractivity (Wildman–Crippen MR) is 229 cm³/mol. The van der Waals surface area contributed by atoms with Gasteiger partial charge in [0, 0.05) is 81.8 Å². The van der Waals surface area contributed by atoms with E-state index in [-0.39, 0.29) is 91.8 Å². The maximum atomic E-state index is 13.4. The first-order valence-corrected chi connectivity index (χ1v) is 20.7.